The van der Waals surface area contributed by atoms with Crippen LogP contribution in [0.1, 0.15) is 44.7 Å². The second kappa shape index (κ2) is 6.35. The highest BCUT2D eigenvalue weighted by atomic mass is 19.1. The lowest BCUT2D eigenvalue weighted by Gasteiger charge is -2.28. The Balaban J connectivity index is 2.14. The van der Waals surface area contributed by atoms with Gasteiger partial charge in [-0.25, -0.2) is 4.39 Å². The van der Waals surface area contributed by atoms with Crippen LogP contribution in [0.4, 0.5) is 4.39 Å². The Hall–Kier alpha value is -1.42. The summed E-state index contributed by atoms with van der Waals surface area (Å²) >= 11 is 0. The molecule has 1 saturated heterocycles. The van der Waals surface area contributed by atoms with Crippen LogP contribution in [0.5, 0.6) is 0 Å². The number of hydrogen-bond donors (Lipinski definition) is 1. The molecule has 1 aromatic rings. The minimum absolute atomic E-state index is 0.00807. The van der Waals surface area contributed by atoms with Crippen molar-refractivity contribution in [2.75, 3.05) is 6.54 Å². The fourth-order valence-electron chi connectivity index (χ4n) is 2.92. The van der Waals surface area contributed by atoms with Gasteiger partial charge in [-0.3, -0.25) is 4.79 Å². The summed E-state index contributed by atoms with van der Waals surface area (Å²) in [5.74, 6) is 0.238. The molecule has 110 valence electrons. The van der Waals surface area contributed by atoms with E-state index in [4.69, 9.17) is 5.73 Å². The van der Waals surface area contributed by atoms with Crippen molar-refractivity contribution in [2.45, 2.75) is 45.2 Å². The molecule has 0 radical (unpaired) electrons. The van der Waals surface area contributed by atoms with Crippen molar-refractivity contribution in [1.29, 1.82) is 0 Å². The van der Waals surface area contributed by atoms with Crippen molar-refractivity contribution >= 4 is 5.91 Å². The van der Waals surface area contributed by atoms with Gasteiger partial charge in [-0.1, -0.05) is 19.1 Å². The molecule has 1 heterocycles. The van der Waals surface area contributed by atoms with Gasteiger partial charge in [0, 0.05) is 19.0 Å². The monoisotopic (exact) mass is 278 g/mol. The van der Waals surface area contributed by atoms with Crippen molar-refractivity contribution in [1.82, 2.24) is 4.90 Å². The fraction of sp³-hybridized carbons (Fsp3) is 0.562. The molecule has 1 aliphatic rings. The summed E-state index contributed by atoms with van der Waals surface area (Å²) in [4.78, 5) is 14.2. The van der Waals surface area contributed by atoms with Gasteiger partial charge >= 0.3 is 0 Å². The van der Waals surface area contributed by atoms with Gasteiger partial charge in [-0.2, -0.15) is 0 Å². The molecular weight excluding hydrogens is 255 g/mol. The Morgan fingerprint density at radius 2 is 2.30 bits per heavy atom. The molecule has 4 heteroatoms. The maximum Gasteiger partial charge on any atom is 0.223 e. The Morgan fingerprint density at radius 3 is 2.95 bits per heavy atom. The first-order chi connectivity index (χ1) is 9.49. The van der Waals surface area contributed by atoms with E-state index in [2.05, 4.69) is 6.92 Å². The lowest BCUT2D eigenvalue weighted by Crippen LogP contribution is -2.32. The predicted octanol–water partition coefficient (Wildman–Crippen LogP) is 2.86. The Kier molecular flexibility index (Phi) is 4.76. The van der Waals surface area contributed by atoms with Crippen LogP contribution in [-0.2, 0) is 4.79 Å². The Morgan fingerprint density at radius 1 is 1.55 bits per heavy atom. The molecule has 3 unspecified atom stereocenters. The van der Waals surface area contributed by atoms with Crippen molar-refractivity contribution in [2.24, 2.45) is 11.7 Å². The van der Waals surface area contributed by atoms with Gasteiger partial charge < -0.3 is 10.6 Å². The molecular formula is C16H23FN2O. The quantitative estimate of drug-likeness (QED) is 0.920. The van der Waals surface area contributed by atoms with E-state index in [1.54, 1.807) is 12.1 Å². The third-order valence-corrected chi connectivity index (χ3v) is 4.02. The first-order valence-corrected chi connectivity index (χ1v) is 7.29. The van der Waals surface area contributed by atoms with E-state index in [0.29, 0.717) is 18.8 Å². The molecule has 0 spiro atoms. The number of benzene rings is 1. The van der Waals surface area contributed by atoms with E-state index >= 15 is 0 Å². The summed E-state index contributed by atoms with van der Waals surface area (Å²) in [5, 5.41) is 0. The number of carbonyl (C=O) groups excluding carboxylic acids is 1. The van der Waals surface area contributed by atoms with Gasteiger partial charge in [0.05, 0.1) is 6.04 Å². The second-order valence-corrected chi connectivity index (χ2v) is 5.87. The third kappa shape index (κ3) is 3.37. The average molecular weight is 278 g/mol. The second-order valence-electron chi connectivity index (χ2n) is 5.87. The van der Waals surface area contributed by atoms with Crippen LogP contribution in [0.15, 0.2) is 24.3 Å². The molecule has 2 rings (SSSR count). The molecule has 1 aliphatic heterocycles. The Bertz CT molecular complexity index is 475. The maximum atomic E-state index is 13.4. The smallest absolute Gasteiger partial charge is 0.223 e. The van der Waals surface area contributed by atoms with Crippen molar-refractivity contribution in [3.05, 3.63) is 35.6 Å². The van der Waals surface area contributed by atoms with Crippen LogP contribution < -0.4 is 5.73 Å². The molecule has 0 saturated carbocycles. The first kappa shape index (κ1) is 15.0. The number of hydrogen-bond acceptors (Lipinski definition) is 2. The van der Waals surface area contributed by atoms with E-state index in [0.717, 1.165) is 18.5 Å². The van der Waals surface area contributed by atoms with Gasteiger partial charge in [0.1, 0.15) is 5.82 Å². The summed E-state index contributed by atoms with van der Waals surface area (Å²) in [6.45, 7) is 4.78. The molecule has 1 amide bonds. The zero-order chi connectivity index (χ0) is 14.7. The molecule has 0 bridgehead atoms. The molecule has 1 aromatic carbocycles. The molecule has 0 aliphatic carbocycles. The molecule has 2 N–H and O–H groups in total. The number of amides is 1. The third-order valence-electron chi connectivity index (χ3n) is 4.02. The van der Waals surface area contributed by atoms with Crippen molar-refractivity contribution < 1.29 is 9.18 Å². The summed E-state index contributed by atoms with van der Waals surface area (Å²) in [6.07, 6.45) is 2.13. The molecule has 1 fully saturated rings. The number of rotatable bonds is 4. The van der Waals surface area contributed by atoms with E-state index in [1.165, 1.54) is 6.07 Å². The van der Waals surface area contributed by atoms with Gasteiger partial charge in [0.25, 0.3) is 0 Å². The first-order valence-electron chi connectivity index (χ1n) is 7.29. The topological polar surface area (TPSA) is 46.3 Å². The number of nitrogens with zero attached hydrogens (tertiary/aromatic N) is 1. The zero-order valence-corrected chi connectivity index (χ0v) is 12.2. The highest BCUT2D eigenvalue weighted by molar-refractivity contribution is 5.77. The number of nitrogens with two attached hydrogens (primary N) is 1. The molecule has 20 heavy (non-hydrogen) atoms. The normalized spacial score (nSPS) is 23.9. The SMILES string of the molecule is CC(N)CCC(=O)N1CCC(C)C1c1cccc(F)c1. The largest absolute Gasteiger partial charge is 0.335 e. The number of carbonyl (C=O) groups is 1. The number of halogens is 1. The number of likely N-dealkylation sites (tertiary alicyclic amines) is 1. The summed E-state index contributed by atoms with van der Waals surface area (Å²) in [5.41, 5.74) is 6.60. The summed E-state index contributed by atoms with van der Waals surface area (Å²) in [6, 6.07) is 6.61. The minimum atomic E-state index is -0.246. The van der Waals surface area contributed by atoms with Gasteiger partial charge in [-0.05, 0) is 43.4 Å². The van der Waals surface area contributed by atoms with Gasteiger partial charge in [0.15, 0.2) is 0 Å². The van der Waals surface area contributed by atoms with E-state index < -0.39 is 0 Å². The van der Waals surface area contributed by atoms with Crippen LogP contribution in [0.2, 0.25) is 0 Å². The standard InChI is InChI=1S/C16H23FN2O/c1-11-8-9-19(15(20)7-6-12(2)18)16(11)13-4-3-5-14(17)10-13/h3-5,10-12,16H,6-9,18H2,1-2H3. The molecule has 3 nitrogen and oxygen atoms in total. The lowest BCUT2D eigenvalue weighted by atomic mass is 9.95. The zero-order valence-electron chi connectivity index (χ0n) is 12.2. The Labute approximate surface area is 120 Å². The highest BCUT2D eigenvalue weighted by Crippen LogP contribution is 2.37. The van der Waals surface area contributed by atoms with Crippen LogP contribution in [-0.4, -0.2) is 23.4 Å². The van der Waals surface area contributed by atoms with Crippen LogP contribution in [0.25, 0.3) is 0 Å². The van der Waals surface area contributed by atoms with Crippen molar-refractivity contribution in [3.63, 3.8) is 0 Å². The fourth-order valence-corrected chi connectivity index (χ4v) is 2.92. The minimum Gasteiger partial charge on any atom is -0.335 e. The van der Waals surface area contributed by atoms with Crippen LogP contribution in [0.3, 0.4) is 0 Å². The van der Waals surface area contributed by atoms with Gasteiger partial charge in [-0.15, -0.1) is 0 Å². The molecule has 3 atom stereocenters. The average Bonchev–Trinajstić information content (AvgIpc) is 2.78. The van der Waals surface area contributed by atoms with Crippen LogP contribution >= 0.6 is 0 Å². The summed E-state index contributed by atoms with van der Waals surface area (Å²) in [7, 11) is 0. The predicted molar refractivity (Wildman–Crippen MR) is 77.5 cm³/mol. The molecule has 0 aromatic heterocycles. The highest BCUT2D eigenvalue weighted by Gasteiger charge is 2.35. The van der Waals surface area contributed by atoms with E-state index in [9.17, 15) is 9.18 Å². The summed E-state index contributed by atoms with van der Waals surface area (Å²) < 4.78 is 13.4. The van der Waals surface area contributed by atoms with E-state index in [1.807, 2.05) is 17.9 Å². The van der Waals surface area contributed by atoms with Crippen molar-refractivity contribution in [3.8, 4) is 0 Å². The lowest BCUT2D eigenvalue weighted by molar-refractivity contribution is -0.132. The van der Waals surface area contributed by atoms with E-state index in [-0.39, 0.29) is 23.8 Å². The van der Waals surface area contributed by atoms with Gasteiger partial charge in [0.2, 0.25) is 5.91 Å². The van der Waals surface area contributed by atoms with Crippen LogP contribution in [0, 0.1) is 11.7 Å². The maximum absolute atomic E-state index is 13.4.